The molecule has 1 aromatic rings. The fourth-order valence-electron chi connectivity index (χ4n) is 7.29. The number of aliphatic carboxylic acids is 1. The minimum atomic E-state index is -1.95. The molecule has 2 aliphatic heterocycles. The van der Waals surface area contributed by atoms with E-state index in [0.717, 1.165) is 11.1 Å². The smallest absolute Gasteiger partial charge is 0.336 e. The zero-order valence-corrected chi connectivity index (χ0v) is 25.5. The molecule has 1 saturated heterocycles. The van der Waals surface area contributed by atoms with Crippen LogP contribution >= 0.6 is 0 Å². The molecular formula is C31H40N2O11. The number of nitrogens with zero attached hydrogens (tertiary/aromatic N) is 1. The van der Waals surface area contributed by atoms with Crippen LogP contribution in [-0.2, 0) is 40.5 Å². The van der Waals surface area contributed by atoms with Gasteiger partial charge in [-0.05, 0) is 63.4 Å². The number of likely N-dealkylation sites (tertiary alicyclic amines) is 1. The lowest BCUT2D eigenvalue weighted by Gasteiger charge is -2.61. The first kappa shape index (κ1) is 31.7. The highest BCUT2D eigenvalue weighted by molar-refractivity contribution is 5.89. The van der Waals surface area contributed by atoms with Crippen molar-refractivity contribution in [2.24, 2.45) is 5.92 Å². The van der Waals surface area contributed by atoms with Crippen molar-refractivity contribution in [3.63, 3.8) is 0 Å². The number of nitrogens with one attached hydrogen (secondary N) is 1. The lowest BCUT2D eigenvalue weighted by Crippen LogP contribution is -2.74. The Kier molecular flexibility index (Phi) is 8.42. The van der Waals surface area contributed by atoms with Gasteiger partial charge in [-0.3, -0.25) is 9.59 Å². The number of carboxylic acids is 1. The van der Waals surface area contributed by atoms with Gasteiger partial charge in [-0.1, -0.05) is 19.9 Å². The summed E-state index contributed by atoms with van der Waals surface area (Å²) in [6, 6.07) is 2.45. The number of aliphatic hydroxyl groups is 2. The summed E-state index contributed by atoms with van der Waals surface area (Å²) in [5, 5.41) is 34.3. The van der Waals surface area contributed by atoms with E-state index in [9.17, 15) is 34.5 Å². The molecule has 7 atom stereocenters. The summed E-state index contributed by atoms with van der Waals surface area (Å²) in [6.07, 6.45) is -1.81. The Morgan fingerprint density at radius 2 is 1.93 bits per heavy atom. The molecule has 0 radical (unpaired) electrons. The van der Waals surface area contributed by atoms with Gasteiger partial charge in [-0.15, -0.1) is 0 Å². The Balaban J connectivity index is 1.27. The predicted octanol–water partition coefficient (Wildman–Crippen LogP) is 0.814. The summed E-state index contributed by atoms with van der Waals surface area (Å²) in [6.45, 7) is 5.52. The molecule has 0 aromatic heterocycles. The number of hydrogen-bond acceptors (Lipinski definition) is 11. The molecule has 0 unspecified atom stereocenters. The van der Waals surface area contributed by atoms with Crippen LogP contribution in [0.5, 0.6) is 11.5 Å². The van der Waals surface area contributed by atoms with Gasteiger partial charge in [0.1, 0.15) is 11.8 Å². The van der Waals surface area contributed by atoms with Crippen molar-refractivity contribution in [1.29, 1.82) is 0 Å². The van der Waals surface area contributed by atoms with Crippen LogP contribution in [-0.4, -0.2) is 101 Å². The Hall–Kier alpha value is -3.68. The van der Waals surface area contributed by atoms with Gasteiger partial charge in [0.15, 0.2) is 29.8 Å². The molecule has 2 bridgehead atoms. The second-order valence-corrected chi connectivity index (χ2v) is 12.6. The summed E-state index contributed by atoms with van der Waals surface area (Å²) in [5.41, 5.74) is -0.187. The van der Waals surface area contributed by atoms with Crippen molar-refractivity contribution >= 4 is 23.8 Å². The maximum absolute atomic E-state index is 13.0. The minimum Gasteiger partial charge on any atom is -0.493 e. The number of ether oxygens (including phenoxy) is 4. The van der Waals surface area contributed by atoms with Crippen molar-refractivity contribution in [2.75, 3.05) is 20.7 Å². The van der Waals surface area contributed by atoms with E-state index >= 15 is 0 Å². The summed E-state index contributed by atoms with van der Waals surface area (Å²) in [7, 11) is 3.52. The van der Waals surface area contributed by atoms with Crippen LogP contribution < -0.4 is 14.8 Å². The van der Waals surface area contributed by atoms with E-state index in [1.807, 2.05) is 19.2 Å². The number of likely N-dealkylation sites (N-methyl/N-ethyl adjacent to an activating group) is 1. The van der Waals surface area contributed by atoms with Crippen molar-refractivity contribution in [1.82, 2.24) is 10.2 Å². The SMILES string of the molecule is COc1ccc2c3c1O[C@@H]1C(OC(=O)C[C@H](O)C(=O)O[C@@H](C)C(=O)N[C@@H](CC(C)C)C(=O)O)=CC[C@]4(O)[C@H](C2)N(C)CC[C@@]314. The van der Waals surface area contributed by atoms with Crippen LogP contribution in [0.25, 0.3) is 0 Å². The van der Waals surface area contributed by atoms with Crippen molar-refractivity contribution < 1.29 is 53.4 Å². The number of hydrogen-bond donors (Lipinski definition) is 4. The lowest BCUT2D eigenvalue weighted by atomic mass is 9.50. The van der Waals surface area contributed by atoms with E-state index in [0.29, 0.717) is 30.9 Å². The highest BCUT2D eigenvalue weighted by Crippen LogP contribution is 2.65. The van der Waals surface area contributed by atoms with Crippen LogP contribution in [0.2, 0.25) is 0 Å². The number of piperidine rings is 1. The third kappa shape index (κ3) is 5.10. The van der Waals surface area contributed by atoms with Gasteiger partial charge in [-0.2, -0.15) is 0 Å². The number of carbonyl (C=O) groups is 4. The average molecular weight is 617 g/mol. The molecule has 1 amide bonds. The number of amides is 1. The molecule has 240 valence electrons. The van der Waals surface area contributed by atoms with Crippen LogP contribution in [0.1, 0.15) is 57.6 Å². The average Bonchev–Trinajstić information content (AvgIpc) is 3.31. The molecule has 13 nitrogen and oxygen atoms in total. The molecule has 4 N–H and O–H groups in total. The van der Waals surface area contributed by atoms with E-state index in [4.69, 9.17) is 18.9 Å². The fourth-order valence-corrected chi connectivity index (χ4v) is 7.29. The van der Waals surface area contributed by atoms with Gasteiger partial charge < -0.3 is 44.5 Å². The standard InChI is InChI=1S/C31H40N2O11/c1-15(2)12-18(28(37)38)32-27(36)16(3)42-29(39)19(34)14-23(35)43-21-8-9-31(40)22-13-17-6-7-20(41-5)25-24(17)30(31,26(21)44-25)10-11-33(22)4/h6-8,15-16,18-19,22,26,34,40H,9-14H2,1-5H3,(H,32,36)(H,37,38)/t16-,18-,19-,22-,26+,30+,31-/m0/s1. The number of rotatable bonds is 11. The van der Waals surface area contributed by atoms with Crippen LogP contribution in [0, 0.1) is 5.92 Å². The zero-order chi connectivity index (χ0) is 32.1. The molecule has 5 rings (SSSR count). The Bertz CT molecular complexity index is 1390. The van der Waals surface area contributed by atoms with Crippen molar-refractivity contribution in [3.8, 4) is 11.5 Å². The predicted molar refractivity (Wildman–Crippen MR) is 153 cm³/mol. The molecule has 0 saturated carbocycles. The van der Waals surface area contributed by atoms with E-state index in [1.165, 1.54) is 14.0 Å². The molecule has 2 aliphatic carbocycles. The molecule has 1 spiro atoms. The molecule has 1 aromatic carbocycles. The Morgan fingerprint density at radius 1 is 1.20 bits per heavy atom. The van der Waals surface area contributed by atoms with Crippen LogP contribution in [0.3, 0.4) is 0 Å². The molecule has 13 heteroatoms. The molecule has 4 aliphatic rings. The second kappa shape index (κ2) is 11.7. The fraction of sp³-hybridized carbons (Fsp3) is 0.613. The highest BCUT2D eigenvalue weighted by Gasteiger charge is 2.72. The number of methoxy groups -OCH3 is 1. The van der Waals surface area contributed by atoms with Gasteiger partial charge in [0, 0.05) is 18.0 Å². The van der Waals surface area contributed by atoms with Gasteiger partial charge in [0.25, 0.3) is 5.91 Å². The highest BCUT2D eigenvalue weighted by atomic mass is 16.6. The topological polar surface area (TPSA) is 181 Å². The zero-order valence-electron chi connectivity index (χ0n) is 25.5. The maximum Gasteiger partial charge on any atom is 0.336 e. The number of carboxylic acid groups (broad SMARTS) is 1. The number of carbonyl (C=O) groups excluding carboxylic acids is 3. The quantitative estimate of drug-likeness (QED) is 0.257. The normalized spacial score (nSPS) is 28.5. The van der Waals surface area contributed by atoms with Gasteiger partial charge in [0.05, 0.1) is 24.5 Å². The Morgan fingerprint density at radius 3 is 2.59 bits per heavy atom. The van der Waals surface area contributed by atoms with E-state index in [1.54, 1.807) is 19.9 Å². The van der Waals surface area contributed by atoms with E-state index in [-0.39, 0.29) is 30.6 Å². The van der Waals surface area contributed by atoms with Crippen LogP contribution in [0.4, 0.5) is 0 Å². The Labute approximate surface area is 255 Å². The number of benzene rings is 1. The summed E-state index contributed by atoms with van der Waals surface area (Å²) >= 11 is 0. The van der Waals surface area contributed by atoms with Crippen LogP contribution in [0.15, 0.2) is 24.0 Å². The minimum absolute atomic E-state index is 0.0124. The van der Waals surface area contributed by atoms with Gasteiger partial charge in [-0.25, -0.2) is 9.59 Å². The van der Waals surface area contributed by atoms with E-state index in [2.05, 4.69) is 10.2 Å². The number of aliphatic hydroxyl groups excluding tert-OH is 1. The van der Waals surface area contributed by atoms with Gasteiger partial charge in [0.2, 0.25) is 0 Å². The third-order valence-corrected chi connectivity index (χ3v) is 9.41. The first-order chi connectivity index (χ1) is 20.7. The molecule has 44 heavy (non-hydrogen) atoms. The molecular weight excluding hydrogens is 576 g/mol. The lowest BCUT2D eigenvalue weighted by molar-refractivity contribution is -0.172. The van der Waals surface area contributed by atoms with Crippen molar-refractivity contribution in [2.45, 2.75) is 94.3 Å². The first-order valence-corrected chi connectivity index (χ1v) is 14.9. The van der Waals surface area contributed by atoms with Gasteiger partial charge >= 0.3 is 17.9 Å². The molecule has 2 heterocycles. The monoisotopic (exact) mass is 616 g/mol. The summed E-state index contributed by atoms with van der Waals surface area (Å²) in [5.74, 6) is -3.07. The largest absolute Gasteiger partial charge is 0.493 e. The first-order valence-electron chi connectivity index (χ1n) is 14.9. The molecule has 1 fully saturated rings. The summed E-state index contributed by atoms with van der Waals surface area (Å²) in [4.78, 5) is 51.5. The second-order valence-electron chi connectivity index (χ2n) is 12.6. The maximum atomic E-state index is 13.0. The summed E-state index contributed by atoms with van der Waals surface area (Å²) < 4.78 is 22.7. The van der Waals surface area contributed by atoms with Crippen molar-refractivity contribution in [3.05, 3.63) is 35.1 Å². The number of esters is 2. The van der Waals surface area contributed by atoms with E-state index < -0.39 is 65.6 Å². The third-order valence-electron chi connectivity index (χ3n) is 9.41.